The Morgan fingerprint density at radius 3 is 2.88 bits per heavy atom. The summed E-state index contributed by atoms with van der Waals surface area (Å²) in [5.74, 6) is -0.216. The Morgan fingerprint density at radius 2 is 2.08 bits per heavy atom. The summed E-state index contributed by atoms with van der Waals surface area (Å²) in [4.78, 5) is 45.2. The van der Waals surface area contributed by atoms with E-state index < -0.39 is 6.04 Å². The number of pyridine rings is 1. The van der Waals surface area contributed by atoms with Crippen molar-refractivity contribution >= 4 is 17.5 Å². The first kappa shape index (κ1) is 16.6. The van der Waals surface area contributed by atoms with E-state index in [1.807, 2.05) is 6.92 Å². The second-order valence-electron chi connectivity index (χ2n) is 6.42. The first-order chi connectivity index (χ1) is 11.6. The van der Waals surface area contributed by atoms with Gasteiger partial charge in [0.05, 0.1) is 5.71 Å². The molecule has 0 spiro atoms. The minimum atomic E-state index is -0.438. The van der Waals surface area contributed by atoms with Crippen LogP contribution in [0.5, 0.6) is 0 Å². The molecule has 1 atom stereocenters. The van der Waals surface area contributed by atoms with Crippen LogP contribution in [0.4, 0.5) is 0 Å². The Kier molecular flexibility index (Phi) is 4.92. The highest BCUT2D eigenvalue weighted by molar-refractivity contribution is 6.08. The van der Waals surface area contributed by atoms with Gasteiger partial charge < -0.3 is 9.88 Å². The molecule has 1 aromatic rings. The van der Waals surface area contributed by atoms with Gasteiger partial charge in [-0.3, -0.25) is 14.4 Å². The molecule has 1 N–H and O–H groups in total. The lowest BCUT2D eigenvalue weighted by molar-refractivity contribution is -0.140. The van der Waals surface area contributed by atoms with E-state index in [4.69, 9.17) is 0 Å². The fourth-order valence-corrected chi connectivity index (χ4v) is 3.57. The van der Waals surface area contributed by atoms with Crippen molar-refractivity contribution in [2.24, 2.45) is 4.99 Å². The van der Waals surface area contributed by atoms with Crippen LogP contribution in [0, 0.1) is 0 Å². The fourth-order valence-electron chi connectivity index (χ4n) is 3.57. The SMILES string of the molecule is CCC(=O)N1CCCCC1C(=O)N=C1CCCc2[nH]c(=O)ccc21. The van der Waals surface area contributed by atoms with Gasteiger partial charge in [-0.25, -0.2) is 4.99 Å². The van der Waals surface area contributed by atoms with Gasteiger partial charge in [-0.2, -0.15) is 0 Å². The Bertz CT molecular complexity index is 735. The molecule has 0 saturated carbocycles. The molecule has 0 bridgehead atoms. The number of carbonyl (C=O) groups excluding carboxylic acids is 2. The molecule has 2 heterocycles. The highest BCUT2D eigenvalue weighted by Gasteiger charge is 2.31. The minimum Gasteiger partial charge on any atom is -0.331 e. The van der Waals surface area contributed by atoms with Crippen molar-refractivity contribution in [2.45, 2.75) is 57.9 Å². The van der Waals surface area contributed by atoms with Gasteiger partial charge in [-0.1, -0.05) is 6.92 Å². The molecule has 1 aliphatic heterocycles. The van der Waals surface area contributed by atoms with E-state index in [2.05, 4.69) is 9.98 Å². The average molecular weight is 329 g/mol. The molecule has 128 valence electrons. The number of nitrogens with one attached hydrogen (secondary N) is 1. The van der Waals surface area contributed by atoms with Crippen molar-refractivity contribution in [1.29, 1.82) is 0 Å². The van der Waals surface area contributed by atoms with E-state index in [9.17, 15) is 14.4 Å². The number of fused-ring (bicyclic) bond motifs is 1. The second kappa shape index (κ2) is 7.11. The van der Waals surface area contributed by atoms with Gasteiger partial charge in [0.15, 0.2) is 0 Å². The third-order valence-electron chi connectivity index (χ3n) is 4.81. The molecule has 2 aliphatic rings. The molecule has 3 rings (SSSR count). The van der Waals surface area contributed by atoms with E-state index in [1.54, 1.807) is 11.0 Å². The molecule has 0 radical (unpaired) electrons. The molecule has 6 nitrogen and oxygen atoms in total. The standard InChI is InChI=1S/C18H23N3O3/c1-2-17(23)21-11-4-3-8-15(21)18(24)20-14-7-5-6-13-12(14)9-10-16(22)19-13/h9-10,15H,2-8,11H2,1H3,(H,19,22). The lowest BCUT2D eigenvalue weighted by Gasteiger charge is -2.33. The van der Waals surface area contributed by atoms with Crippen molar-refractivity contribution in [1.82, 2.24) is 9.88 Å². The van der Waals surface area contributed by atoms with Crippen molar-refractivity contribution in [3.8, 4) is 0 Å². The van der Waals surface area contributed by atoms with Crippen LogP contribution < -0.4 is 5.56 Å². The zero-order valence-electron chi connectivity index (χ0n) is 14.0. The Labute approximate surface area is 141 Å². The average Bonchev–Trinajstić information content (AvgIpc) is 2.61. The van der Waals surface area contributed by atoms with E-state index >= 15 is 0 Å². The highest BCUT2D eigenvalue weighted by atomic mass is 16.2. The topological polar surface area (TPSA) is 82.6 Å². The number of aliphatic imine (C=N–C) groups is 1. The van der Waals surface area contributed by atoms with Crippen molar-refractivity contribution in [3.63, 3.8) is 0 Å². The Balaban J connectivity index is 1.87. The smallest absolute Gasteiger partial charge is 0.268 e. The lowest BCUT2D eigenvalue weighted by Crippen LogP contribution is -2.47. The van der Waals surface area contributed by atoms with Crippen LogP contribution in [0.2, 0.25) is 0 Å². The normalized spacial score (nSPS) is 22.3. The molecule has 2 amide bonds. The highest BCUT2D eigenvalue weighted by Crippen LogP contribution is 2.22. The quantitative estimate of drug-likeness (QED) is 0.898. The Morgan fingerprint density at radius 1 is 1.25 bits per heavy atom. The zero-order valence-corrected chi connectivity index (χ0v) is 14.0. The molecule has 0 aromatic carbocycles. The Hall–Kier alpha value is -2.24. The second-order valence-corrected chi connectivity index (χ2v) is 6.42. The number of aryl methyl sites for hydroxylation is 1. The molecule has 1 saturated heterocycles. The predicted molar refractivity (Wildman–Crippen MR) is 91.2 cm³/mol. The number of aromatic nitrogens is 1. The number of carbonyl (C=O) groups is 2. The van der Waals surface area contributed by atoms with E-state index in [0.29, 0.717) is 19.4 Å². The summed E-state index contributed by atoms with van der Waals surface area (Å²) < 4.78 is 0. The fraction of sp³-hybridized carbons (Fsp3) is 0.556. The van der Waals surface area contributed by atoms with E-state index in [-0.39, 0.29) is 17.4 Å². The summed E-state index contributed by atoms with van der Waals surface area (Å²) in [5.41, 5.74) is 2.31. The number of hydrogen-bond acceptors (Lipinski definition) is 3. The summed E-state index contributed by atoms with van der Waals surface area (Å²) in [7, 11) is 0. The van der Waals surface area contributed by atoms with Gasteiger partial charge in [0.1, 0.15) is 6.04 Å². The number of H-pyrrole nitrogens is 1. The summed E-state index contributed by atoms with van der Waals surface area (Å²) in [6.45, 7) is 2.45. The van der Waals surface area contributed by atoms with Crippen LogP contribution >= 0.6 is 0 Å². The van der Waals surface area contributed by atoms with Crippen LogP contribution in [0.1, 0.15) is 56.7 Å². The van der Waals surface area contributed by atoms with Gasteiger partial charge in [0.25, 0.3) is 5.91 Å². The number of nitrogens with zero attached hydrogens (tertiary/aromatic N) is 2. The van der Waals surface area contributed by atoms with Crippen LogP contribution in [-0.4, -0.2) is 40.0 Å². The van der Waals surface area contributed by atoms with Crippen LogP contribution in [0.25, 0.3) is 0 Å². The summed E-state index contributed by atoms with van der Waals surface area (Å²) in [6, 6.07) is 2.78. The molecular weight excluding hydrogens is 306 g/mol. The molecule has 24 heavy (non-hydrogen) atoms. The van der Waals surface area contributed by atoms with Crippen molar-refractivity contribution < 1.29 is 9.59 Å². The molecule has 1 aliphatic carbocycles. The van der Waals surface area contributed by atoms with Crippen LogP contribution in [0.15, 0.2) is 21.9 Å². The van der Waals surface area contributed by atoms with Gasteiger partial charge in [-0.15, -0.1) is 0 Å². The first-order valence-corrected chi connectivity index (χ1v) is 8.73. The third kappa shape index (κ3) is 3.32. The summed E-state index contributed by atoms with van der Waals surface area (Å²) >= 11 is 0. The minimum absolute atomic E-state index is 0.0154. The number of hydrogen-bond donors (Lipinski definition) is 1. The zero-order chi connectivity index (χ0) is 17.1. The monoisotopic (exact) mass is 329 g/mol. The predicted octanol–water partition coefficient (Wildman–Crippen LogP) is 1.82. The van der Waals surface area contributed by atoms with Gasteiger partial charge in [0.2, 0.25) is 11.5 Å². The van der Waals surface area contributed by atoms with Crippen LogP contribution in [0.3, 0.4) is 0 Å². The number of aromatic amines is 1. The largest absolute Gasteiger partial charge is 0.331 e. The summed E-state index contributed by atoms with van der Waals surface area (Å²) in [5, 5.41) is 0. The third-order valence-corrected chi connectivity index (χ3v) is 4.81. The number of rotatable bonds is 2. The maximum absolute atomic E-state index is 12.7. The molecular formula is C18H23N3O3. The van der Waals surface area contributed by atoms with E-state index in [1.165, 1.54) is 6.07 Å². The number of piperidine rings is 1. The molecule has 6 heteroatoms. The van der Waals surface area contributed by atoms with Crippen molar-refractivity contribution in [3.05, 3.63) is 33.7 Å². The van der Waals surface area contributed by atoms with E-state index in [0.717, 1.165) is 49.1 Å². The molecule has 1 unspecified atom stereocenters. The van der Waals surface area contributed by atoms with Gasteiger partial charge in [0, 0.05) is 30.3 Å². The van der Waals surface area contributed by atoms with Crippen molar-refractivity contribution in [2.75, 3.05) is 6.54 Å². The lowest BCUT2D eigenvalue weighted by atomic mass is 9.93. The number of amides is 2. The van der Waals surface area contributed by atoms with Gasteiger partial charge >= 0.3 is 0 Å². The molecule has 1 aromatic heterocycles. The number of likely N-dealkylation sites (tertiary alicyclic amines) is 1. The molecule has 1 fully saturated rings. The maximum Gasteiger partial charge on any atom is 0.268 e. The summed E-state index contributed by atoms with van der Waals surface area (Å²) in [6.07, 6.45) is 5.35. The first-order valence-electron chi connectivity index (χ1n) is 8.73. The van der Waals surface area contributed by atoms with Crippen LogP contribution in [-0.2, 0) is 16.0 Å². The maximum atomic E-state index is 12.7. The van der Waals surface area contributed by atoms with Gasteiger partial charge in [-0.05, 0) is 44.6 Å².